The molecule has 0 radical (unpaired) electrons. The zero-order valence-corrected chi connectivity index (χ0v) is 13.8. The van der Waals surface area contributed by atoms with Gasteiger partial charge in [0, 0.05) is 9.13 Å². The van der Waals surface area contributed by atoms with Gasteiger partial charge in [-0.2, -0.15) is 26.3 Å². The van der Waals surface area contributed by atoms with Crippen LogP contribution in [0.4, 0.5) is 32.0 Å². The van der Waals surface area contributed by atoms with Gasteiger partial charge in [0.2, 0.25) is 0 Å². The van der Waals surface area contributed by atoms with Gasteiger partial charge in [-0.05, 0) is 52.9 Å². The number of rotatable bonds is 2. The highest BCUT2D eigenvalue weighted by atomic mass is 127. The van der Waals surface area contributed by atoms with Gasteiger partial charge in [-0.25, -0.2) is 0 Å². The van der Waals surface area contributed by atoms with Crippen LogP contribution >= 0.6 is 22.6 Å². The summed E-state index contributed by atoms with van der Waals surface area (Å²) in [6.45, 7) is 0. The fourth-order valence-corrected chi connectivity index (χ4v) is 2.37. The van der Waals surface area contributed by atoms with Gasteiger partial charge >= 0.3 is 12.4 Å². The van der Waals surface area contributed by atoms with Crippen LogP contribution in [0.2, 0.25) is 0 Å². The molecule has 0 aliphatic heterocycles. The predicted octanol–water partition coefficient (Wildman–Crippen LogP) is 5.58. The largest absolute Gasteiger partial charge is 0.416 e. The van der Waals surface area contributed by atoms with Gasteiger partial charge < -0.3 is 5.32 Å². The molecule has 0 aliphatic carbocycles. The van der Waals surface area contributed by atoms with Gasteiger partial charge in [-0.1, -0.05) is 12.1 Å². The Morgan fingerprint density at radius 1 is 0.875 bits per heavy atom. The molecule has 128 valence electrons. The number of amides is 1. The summed E-state index contributed by atoms with van der Waals surface area (Å²) in [6.07, 6.45) is -10.0. The molecule has 2 aromatic carbocycles. The van der Waals surface area contributed by atoms with Crippen molar-refractivity contribution in [2.75, 3.05) is 5.32 Å². The summed E-state index contributed by atoms with van der Waals surface area (Å²) in [6, 6.07) is 7.11. The fourth-order valence-electron chi connectivity index (χ4n) is 1.84. The van der Waals surface area contributed by atoms with Gasteiger partial charge in [0.05, 0.1) is 16.8 Å². The molecule has 2 nitrogen and oxygen atoms in total. The number of hydrogen-bond acceptors (Lipinski definition) is 1. The first-order valence-electron chi connectivity index (χ1n) is 6.34. The number of anilines is 1. The molecule has 0 heterocycles. The van der Waals surface area contributed by atoms with Gasteiger partial charge in [0.25, 0.3) is 5.91 Å². The Bertz CT molecular complexity index is 737. The molecule has 1 amide bonds. The molecule has 1 N–H and O–H groups in total. The molecule has 24 heavy (non-hydrogen) atoms. The monoisotopic (exact) mass is 459 g/mol. The summed E-state index contributed by atoms with van der Waals surface area (Å²) in [7, 11) is 0. The summed E-state index contributed by atoms with van der Waals surface area (Å²) in [5.74, 6) is -1.06. The van der Waals surface area contributed by atoms with E-state index >= 15 is 0 Å². The minimum Gasteiger partial charge on any atom is -0.321 e. The van der Waals surface area contributed by atoms with Crippen LogP contribution in [-0.2, 0) is 12.4 Å². The zero-order chi connectivity index (χ0) is 18.1. The third-order valence-corrected chi connectivity index (χ3v) is 3.91. The molecule has 2 rings (SSSR count). The Morgan fingerprint density at radius 3 is 1.83 bits per heavy atom. The summed E-state index contributed by atoms with van der Waals surface area (Å²) in [5, 5.41) is 2.30. The SMILES string of the molecule is O=C(Nc1ccccc1I)c1cc(C(F)(F)F)cc(C(F)(F)F)c1. The number of carbonyl (C=O) groups is 1. The third kappa shape index (κ3) is 4.40. The number of carbonyl (C=O) groups excluding carboxylic acids is 1. The first-order valence-corrected chi connectivity index (χ1v) is 7.42. The number of para-hydroxylation sites is 1. The van der Waals surface area contributed by atoms with Crippen LogP contribution in [0.15, 0.2) is 42.5 Å². The van der Waals surface area contributed by atoms with E-state index in [1.54, 1.807) is 18.2 Å². The first kappa shape index (κ1) is 18.6. The molecular weight excluding hydrogens is 451 g/mol. The quantitative estimate of drug-likeness (QED) is 0.461. The number of hydrogen-bond donors (Lipinski definition) is 1. The van der Waals surface area contributed by atoms with Crippen molar-refractivity contribution in [3.05, 3.63) is 62.7 Å². The maximum Gasteiger partial charge on any atom is 0.416 e. The third-order valence-electron chi connectivity index (χ3n) is 2.97. The van der Waals surface area contributed by atoms with E-state index in [2.05, 4.69) is 5.32 Å². The lowest BCUT2D eigenvalue weighted by Crippen LogP contribution is -2.17. The molecule has 0 aliphatic rings. The highest BCUT2D eigenvalue weighted by Crippen LogP contribution is 2.36. The lowest BCUT2D eigenvalue weighted by atomic mass is 10.0. The van der Waals surface area contributed by atoms with Crippen LogP contribution in [-0.4, -0.2) is 5.91 Å². The fraction of sp³-hybridized carbons (Fsp3) is 0.133. The summed E-state index contributed by atoms with van der Waals surface area (Å²) >= 11 is 1.88. The van der Waals surface area contributed by atoms with Crippen molar-refractivity contribution in [1.82, 2.24) is 0 Å². The van der Waals surface area contributed by atoms with E-state index in [0.29, 0.717) is 15.7 Å². The number of halogens is 7. The summed E-state index contributed by atoms with van der Waals surface area (Å²) in [5.41, 5.74) is -3.51. The van der Waals surface area contributed by atoms with Crippen molar-refractivity contribution >= 4 is 34.2 Å². The van der Waals surface area contributed by atoms with Crippen molar-refractivity contribution in [1.29, 1.82) is 0 Å². The van der Waals surface area contributed by atoms with E-state index < -0.39 is 35.0 Å². The topological polar surface area (TPSA) is 29.1 Å². The van der Waals surface area contributed by atoms with E-state index in [1.165, 1.54) is 6.07 Å². The van der Waals surface area contributed by atoms with Crippen LogP contribution in [0.1, 0.15) is 21.5 Å². The molecule has 0 saturated carbocycles. The summed E-state index contributed by atoms with van der Waals surface area (Å²) in [4.78, 5) is 12.1. The molecule has 0 aromatic heterocycles. The smallest absolute Gasteiger partial charge is 0.321 e. The number of nitrogens with one attached hydrogen (secondary N) is 1. The van der Waals surface area contributed by atoms with Gasteiger partial charge in [0.1, 0.15) is 0 Å². The van der Waals surface area contributed by atoms with Gasteiger partial charge in [-0.15, -0.1) is 0 Å². The molecule has 0 atom stereocenters. The average molecular weight is 459 g/mol. The average Bonchev–Trinajstić information content (AvgIpc) is 2.47. The minimum absolute atomic E-state index is 0.0247. The second kappa shape index (κ2) is 6.61. The number of benzene rings is 2. The molecular formula is C15H8F6INO. The minimum atomic E-state index is -5.00. The van der Waals surface area contributed by atoms with Gasteiger partial charge in [0.15, 0.2) is 0 Å². The van der Waals surface area contributed by atoms with Crippen molar-refractivity contribution in [2.24, 2.45) is 0 Å². The standard InChI is InChI=1S/C15H8F6INO/c16-14(17,18)9-5-8(6-10(7-9)15(19,20)21)13(24)23-12-4-2-1-3-11(12)22/h1-7H,(H,23,24). The van der Waals surface area contributed by atoms with E-state index in [9.17, 15) is 31.1 Å². The zero-order valence-electron chi connectivity index (χ0n) is 11.6. The van der Waals surface area contributed by atoms with Gasteiger partial charge in [-0.3, -0.25) is 4.79 Å². The van der Waals surface area contributed by atoms with Crippen molar-refractivity contribution in [3.63, 3.8) is 0 Å². The molecule has 0 unspecified atom stereocenters. The van der Waals surface area contributed by atoms with Crippen LogP contribution in [0, 0.1) is 3.57 Å². The second-order valence-corrected chi connectivity index (χ2v) is 5.89. The highest BCUT2D eigenvalue weighted by Gasteiger charge is 2.37. The Morgan fingerprint density at radius 2 is 1.38 bits per heavy atom. The molecule has 0 spiro atoms. The molecule has 0 bridgehead atoms. The maximum atomic E-state index is 12.8. The van der Waals surface area contributed by atoms with E-state index in [4.69, 9.17) is 0 Å². The molecule has 9 heteroatoms. The van der Waals surface area contributed by atoms with Crippen molar-refractivity contribution < 1.29 is 31.1 Å². The Hall–Kier alpha value is -1.78. The Labute approximate surface area is 146 Å². The maximum absolute atomic E-state index is 12.8. The van der Waals surface area contributed by atoms with Crippen LogP contribution in [0.3, 0.4) is 0 Å². The van der Waals surface area contributed by atoms with Crippen molar-refractivity contribution in [3.8, 4) is 0 Å². The van der Waals surface area contributed by atoms with Crippen LogP contribution < -0.4 is 5.32 Å². The van der Waals surface area contributed by atoms with E-state index in [1.807, 2.05) is 22.6 Å². The van der Waals surface area contributed by atoms with E-state index in [0.717, 1.165) is 0 Å². The molecule has 0 fully saturated rings. The second-order valence-electron chi connectivity index (χ2n) is 4.73. The molecule has 2 aromatic rings. The lowest BCUT2D eigenvalue weighted by molar-refractivity contribution is -0.143. The first-order chi connectivity index (χ1) is 11.0. The van der Waals surface area contributed by atoms with E-state index in [-0.39, 0.29) is 11.8 Å². The highest BCUT2D eigenvalue weighted by molar-refractivity contribution is 14.1. The molecule has 0 saturated heterocycles. The number of alkyl halides is 6. The Balaban J connectivity index is 2.45. The lowest BCUT2D eigenvalue weighted by Gasteiger charge is -2.14. The predicted molar refractivity (Wildman–Crippen MR) is 83.6 cm³/mol. The van der Waals surface area contributed by atoms with Crippen LogP contribution in [0.25, 0.3) is 0 Å². The summed E-state index contributed by atoms with van der Waals surface area (Å²) < 4.78 is 77.3. The normalized spacial score (nSPS) is 12.1. The van der Waals surface area contributed by atoms with Crippen molar-refractivity contribution in [2.45, 2.75) is 12.4 Å². The Kier molecular flexibility index (Phi) is 5.11. The van der Waals surface area contributed by atoms with Crippen LogP contribution in [0.5, 0.6) is 0 Å².